The summed E-state index contributed by atoms with van der Waals surface area (Å²) in [4.78, 5) is 13.7. The van der Waals surface area contributed by atoms with Crippen molar-refractivity contribution in [2.24, 2.45) is 0 Å². The quantitative estimate of drug-likeness (QED) is 0.816. The summed E-state index contributed by atoms with van der Waals surface area (Å²) in [6, 6.07) is 0. The molecule has 0 spiro atoms. The highest BCUT2D eigenvalue weighted by Gasteiger charge is 2.43. The van der Waals surface area contributed by atoms with Gasteiger partial charge in [0.1, 0.15) is 0 Å². The lowest BCUT2D eigenvalue weighted by Gasteiger charge is -2.46. The SMILES string of the molecule is CCCC1(O)CN(C(=O)c2nn(CC)cc2N)C1. The number of β-amino-alcohol motifs (C(OH)–C–C–N with tert-alkyl or cyclic N) is 1. The Morgan fingerprint density at radius 2 is 2.22 bits per heavy atom. The molecule has 0 bridgehead atoms. The van der Waals surface area contributed by atoms with Crippen molar-refractivity contribution in [2.75, 3.05) is 18.8 Å². The average molecular weight is 252 g/mol. The molecule has 6 heteroatoms. The summed E-state index contributed by atoms with van der Waals surface area (Å²) in [6.07, 6.45) is 3.28. The van der Waals surface area contributed by atoms with E-state index in [4.69, 9.17) is 5.73 Å². The number of nitrogens with zero attached hydrogens (tertiary/aromatic N) is 3. The van der Waals surface area contributed by atoms with Crippen LogP contribution in [0.5, 0.6) is 0 Å². The van der Waals surface area contributed by atoms with Gasteiger partial charge >= 0.3 is 0 Å². The smallest absolute Gasteiger partial charge is 0.276 e. The molecule has 2 heterocycles. The van der Waals surface area contributed by atoms with Crippen LogP contribution in [0.1, 0.15) is 37.2 Å². The zero-order valence-electron chi connectivity index (χ0n) is 10.9. The number of aliphatic hydroxyl groups is 1. The number of carbonyl (C=O) groups is 1. The van der Waals surface area contributed by atoms with Gasteiger partial charge < -0.3 is 15.7 Å². The van der Waals surface area contributed by atoms with Crippen molar-refractivity contribution in [1.29, 1.82) is 0 Å². The molecular formula is C12H20N4O2. The van der Waals surface area contributed by atoms with Crippen LogP contribution >= 0.6 is 0 Å². The number of hydrogen-bond donors (Lipinski definition) is 2. The van der Waals surface area contributed by atoms with Crippen LogP contribution in [-0.4, -0.2) is 44.4 Å². The molecule has 2 rings (SSSR count). The summed E-state index contributed by atoms with van der Waals surface area (Å²) < 4.78 is 1.64. The van der Waals surface area contributed by atoms with Gasteiger partial charge in [-0.3, -0.25) is 9.48 Å². The van der Waals surface area contributed by atoms with Gasteiger partial charge in [0, 0.05) is 12.7 Å². The molecule has 18 heavy (non-hydrogen) atoms. The van der Waals surface area contributed by atoms with Crippen LogP contribution in [0.15, 0.2) is 6.20 Å². The monoisotopic (exact) mass is 252 g/mol. The van der Waals surface area contributed by atoms with Gasteiger partial charge in [-0.25, -0.2) is 0 Å². The maximum absolute atomic E-state index is 12.1. The summed E-state index contributed by atoms with van der Waals surface area (Å²) in [6.45, 7) is 5.38. The predicted octanol–water partition coefficient (Wildman–Crippen LogP) is 0.472. The van der Waals surface area contributed by atoms with Crippen LogP contribution in [0, 0.1) is 0 Å². The molecule has 1 aliphatic rings. The van der Waals surface area contributed by atoms with Gasteiger partial charge in [-0.05, 0) is 13.3 Å². The first-order valence-electron chi connectivity index (χ1n) is 6.33. The van der Waals surface area contributed by atoms with Crippen molar-refractivity contribution in [1.82, 2.24) is 14.7 Å². The van der Waals surface area contributed by atoms with Crippen LogP contribution in [0.2, 0.25) is 0 Å². The van der Waals surface area contributed by atoms with Crippen molar-refractivity contribution in [3.8, 4) is 0 Å². The molecule has 1 aliphatic heterocycles. The molecule has 3 N–H and O–H groups in total. The van der Waals surface area contributed by atoms with Crippen molar-refractivity contribution in [3.05, 3.63) is 11.9 Å². The lowest BCUT2D eigenvalue weighted by molar-refractivity contribution is -0.0861. The van der Waals surface area contributed by atoms with E-state index in [0.29, 0.717) is 25.3 Å². The highest BCUT2D eigenvalue weighted by Crippen LogP contribution is 2.27. The molecule has 0 atom stereocenters. The molecule has 0 radical (unpaired) electrons. The largest absolute Gasteiger partial charge is 0.396 e. The first-order chi connectivity index (χ1) is 8.49. The van der Waals surface area contributed by atoms with Gasteiger partial charge in [0.15, 0.2) is 5.69 Å². The number of hydrogen-bond acceptors (Lipinski definition) is 4. The fourth-order valence-electron chi connectivity index (χ4n) is 2.35. The summed E-state index contributed by atoms with van der Waals surface area (Å²) in [5, 5.41) is 14.2. The molecule has 1 fully saturated rings. The third kappa shape index (κ3) is 2.20. The topological polar surface area (TPSA) is 84.4 Å². The first-order valence-corrected chi connectivity index (χ1v) is 6.33. The maximum Gasteiger partial charge on any atom is 0.276 e. The van der Waals surface area contributed by atoms with Crippen LogP contribution < -0.4 is 5.73 Å². The zero-order valence-corrected chi connectivity index (χ0v) is 10.9. The molecule has 1 aromatic rings. The van der Waals surface area contributed by atoms with E-state index in [9.17, 15) is 9.90 Å². The minimum absolute atomic E-state index is 0.194. The van der Waals surface area contributed by atoms with Crippen molar-refractivity contribution in [2.45, 2.75) is 38.8 Å². The molecular weight excluding hydrogens is 232 g/mol. The van der Waals surface area contributed by atoms with Gasteiger partial charge in [0.05, 0.1) is 24.4 Å². The van der Waals surface area contributed by atoms with Gasteiger partial charge in [0.25, 0.3) is 5.91 Å². The summed E-state index contributed by atoms with van der Waals surface area (Å²) in [7, 11) is 0. The van der Waals surface area contributed by atoms with Crippen LogP contribution in [-0.2, 0) is 6.54 Å². The second kappa shape index (κ2) is 4.61. The molecule has 0 unspecified atom stereocenters. The van der Waals surface area contributed by atoms with Crippen LogP contribution in [0.3, 0.4) is 0 Å². The van der Waals surface area contributed by atoms with Crippen molar-refractivity contribution < 1.29 is 9.90 Å². The second-order valence-corrected chi connectivity index (χ2v) is 4.92. The van der Waals surface area contributed by atoms with E-state index in [0.717, 1.165) is 12.8 Å². The fourth-order valence-corrected chi connectivity index (χ4v) is 2.35. The van der Waals surface area contributed by atoms with E-state index in [-0.39, 0.29) is 11.6 Å². The molecule has 1 aromatic heterocycles. The Hall–Kier alpha value is -1.56. The van der Waals surface area contributed by atoms with E-state index in [1.165, 1.54) is 0 Å². The molecule has 0 aromatic carbocycles. The average Bonchev–Trinajstić information content (AvgIpc) is 2.67. The van der Waals surface area contributed by atoms with Gasteiger partial charge in [-0.1, -0.05) is 13.3 Å². The van der Waals surface area contributed by atoms with Crippen molar-refractivity contribution >= 4 is 11.6 Å². The number of nitrogen functional groups attached to an aromatic ring is 1. The molecule has 1 amide bonds. The second-order valence-electron chi connectivity index (χ2n) is 4.92. The normalized spacial score (nSPS) is 17.6. The summed E-state index contributed by atoms with van der Waals surface area (Å²) in [5.41, 5.74) is 5.74. The first kappa shape index (κ1) is 12.9. The number of anilines is 1. The van der Waals surface area contributed by atoms with Crippen molar-refractivity contribution in [3.63, 3.8) is 0 Å². The Balaban J connectivity index is 2.03. The number of aryl methyl sites for hydroxylation is 1. The Morgan fingerprint density at radius 3 is 2.72 bits per heavy atom. The lowest BCUT2D eigenvalue weighted by atomic mass is 9.89. The Kier molecular flexibility index (Phi) is 3.30. The number of nitrogens with two attached hydrogens (primary N) is 1. The molecule has 1 saturated heterocycles. The Morgan fingerprint density at radius 1 is 1.56 bits per heavy atom. The fraction of sp³-hybridized carbons (Fsp3) is 0.667. The minimum Gasteiger partial charge on any atom is -0.396 e. The van der Waals surface area contributed by atoms with Crippen LogP contribution in [0.25, 0.3) is 0 Å². The summed E-state index contributed by atoms with van der Waals surface area (Å²) >= 11 is 0. The van der Waals surface area contributed by atoms with Crippen LogP contribution in [0.4, 0.5) is 5.69 Å². The molecule has 100 valence electrons. The molecule has 6 nitrogen and oxygen atoms in total. The minimum atomic E-state index is -0.716. The number of amides is 1. The van der Waals surface area contributed by atoms with E-state index < -0.39 is 5.60 Å². The van der Waals surface area contributed by atoms with E-state index in [2.05, 4.69) is 5.10 Å². The van der Waals surface area contributed by atoms with Gasteiger partial charge in [0.2, 0.25) is 0 Å². The number of likely N-dealkylation sites (tertiary alicyclic amines) is 1. The Bertz CT molecular complexity index is 449. The van der Waals surface area contributed by atoms with E-state index in [1.54, 1.807) is 15.8 Å². The third-order valence-corrected chi connectivity index (χ3v) is 3.29. The lowest BCUT2D eigenvalue weighted by Crippen LogP contribution is -2.63. The molecule has 0 saturated carbocycles. The van der Waals surface area contributed by atoms with E-state index in [1.807, 2.05) is 13.8 Å². The van der Waals surface area contributed by atoms with Gasteiger partial charge in [-0.2, -0.15) is 5.10 Å². The highest BCUT2D eigenvalue weighted by molar-refractivity contribution is 5.97. The maximum atomic E-state index is 12.1. The zero-order chi connectivity index (χ0) is 13.3. The third-order valence-electron chi connectivity index (χ3n) is 3.29. The predicted molar refractivity (Wildman–Crippen MR) is 68.1 cm³/mol. The molecule has 0 aliphatic carbocycles. The van der Waals surface area contributed by atoms with Gasteiger partial charge in [-0.15, -0.1) is 0 Å². The van der Waals surface area contributed by atoms with E-state index >= 15 is 0 Å². The standard InChI is InChI=1S/C12H20N4O2/c1-3-5-12(18)7-15(8-12)11(17)10-9(13)6-16(4-2)14-10/h6,18H,3-5,7-8,13H2,1-2H3. The number of aromatic nitrogens is 2. The Labute approximate surface area is 106 Å². The number of carbonyl (C=O) groups excluding carboxylic acids is 1. The highest BCUT2D eigenvalue weighted by atomic mass is 16.3. The summed E-state index contributed by atoms with van der Waals surface area (Å²) in [5.74, 6) is -0.194. The number of rotatable bonds is 4.